The van der Waals surface area contributed by atoms with Crippen LogP contribution in [-0.2, 0) is 0 Å². The van der Waals surface area contributed by atoms with Gasteiger partial charge in [-0.1, -0.05) is 118 Å². The molecule has 4 aromatic rings. The van der Waals surface area contributed by atoms with Crippen molar-refractivity contribution < 1.29 is 4.74 Å². The summed E-state index contributed by atoms with van der Waals surface area (Å²) in [5.74, 6) is 0.918. The van der Waals surface area contributed by atoms with Crippen molar-refractivity contribution in [2.24, 2.45) is 15.2 Å². The second kappa shape index (κ2) is 18.3. The standard InChI is InChI=1S/C37H44BrN3O/c1-2-3-4-5-6-7-8-9-10-11-12-15-28-42-33-24-18-30(19-25-33)29-39-36-26-27-37(35-17-14-13-16-34(35)36)41-40-32-22-20-31(38)21-23-32/h13-14,16-27,29H,2-12,15,28H2,1H3. The van der Waals surface area contributed by atoms with Gasteiger partial charge in [0.2, 0.25) is 0 Å². The topological polar surface area (TPSA) is 46.3 Å². The summed E-state index contributed by atoms with van der Waals surface area (Å²) in [6, 6.07) is 28.1. The van der Waals surface area contributed by atoms with Crippen molar-refractivity contribution in [3.63, 3.8) is 0 Å². The molecular formula is C37H44BrN3O. The molecule has 0 unspecified atom stereocenters. The van der Waals surface area contributed by atoms with Crippen LogP contribution in [0.4, 0.5) is 17.1 Å². The van der Waals surface area contributed by atoms with Gasteiger partial charge in [-0.2, -0.15) is 5.11 Å². The molecule has 0 aliphatic heterocycles. The molecule has 0 aliphatic rings. The van der Waals surface area contributed by atoms with Gasteiger partial charge in [-0.3, -0.25) is 4.99 Å². The fourth-order valence-electron chi connectivity index (χ4n) is 5.01. The first-order valence-corrected chi connectivity index (χ1v) is 16.5. The lowest BCUT2D eigenvalue weighted by Crippen LogP contribution is -1.97. The Kier molecular flexibility index (Phi) is 13.8. The number of halogens is 1. The Bertz CT molecular complexity index is 1400. The van der Waals surface area contributed by atoms with Crippen LogP contribution in [0.15, 0.2) is 105 Å². The number of fused-ring (bicyclic) bond motifs is 1. The molecule has 0 saturated heterocycles. The van der Waals surface area contributed by atoms with Crippen molar-refractivity contribution in [2.75, 3.05) is 6.61 Å². The first-order valence-electron chi connectivity index (χ1n) is 15.7. The Labute approximate surface area is 260 Å². The number of nitrogens with zero attached hydrogens (tertiary/aromatic N) is 3. The van der Waals surface area contributed by atoms with E-state index in [2.05, 4.69) is 57.3 Å². The van der Waals surface area contributed by atoms with Crippen LogP contribution in [0.2, 0.25) is 0 Å². The van der Waals surface area contributed by atoms with E-state index in [-0.39, 0.29) is 0 Å². The molecule has 220 valence electrons. The second-order valence-electron chi connectivity index (χ2n) is 10.9. The monoisotopic (exact) mass is 625 g/mol. The van der Waals surface area contributed by atoms with Gasteiger partial charge in [-0.25, -0.2) is 0 Å². The molecular weight excluding hydrogens is 582 g/mol. The minimum absolute atomic E-state index is 0.780. The summed E-state index contributed by atoms with van der Waals surface area (Å²) in [5.41, 5.74) is 3.57. The third-order valence-electron chi connectivity index (χ3n) is 7.48. The van der Waals surface area contributed by atoms with E-state index >= 15 is 0 Å². The van der Waals surface area contributed by atoms with E-state index in [1.807, 2.05) is 66.9 Å². The average Bonchev–Trinajstić information content (AvgIpc) is 3.03. The van der Waals surface area contributed by atoms with Gasteiger partial charge in [-0.05, 0) is 72.6 Å². The molecule has 0 atom stereocenters. The van der Waals surface area contributed by atoms with Crippen LogP contribution in [-0.4, -0.2) is 12.8 Å². The first kappa shape index (κ1) is 31.6. The molecule has 0 radical (unpaired) electrons. The van der Waals surface area contributed by atoms with E-state index < -0.39 is 0 Å². The van der Waals surface area contributed by atoms with E-state index in [4.69, 9.17) is 9.73 Å². The predicted molar refractivity (Wildman–Crippen MR) is 183 cm³/mol. The van der Waals surface area contributed by atoms with E-state index in [0.717, 1.165) is 56.6 Å². The lowest BCUT2D eigenvalue weighted by atomic mass is 10.1. The van der Waals surface area contributed by atoms with Gasteiger partial charge in [0, 0.05) is 21.5 Å². The maximum Gasteiger partial charge on any atom is 0.119 e. The molecule has 0 bridgehead atoms. The van der Waals surface area contributed by atoms with Crippen molar-refractivity contribution in [3.05, 3.63) is 95.0 Å². The van der Waals surface area contributed by atoms with Crippen LogP contribution >= 0.6 is 15.9 Å². The average molecular weight is 627 g/mol. The van der Waals surface area contributed by atoms with Crippen molar-refractivity contribution >= 4 is 50.0 Å². The molecule has 5 heteroatoms. The summed E-state index contributed by atoms with van der Waals surface area (Å²) in [7, 11) is 0. The zero-order valence-corrected chi connectivity index (χ0v) is 26.6. The lowest BCUT2D eigenvalue weighted by Gasteiger charge is -2.07. The van der Waals surface area contributed by atoms with Gasteiger partial charge in [0.1, 0.15) is 5.75 Å². The predicted octanol–water partition coefficient (Wildman–Crippen LogP) is 12.8. The molecule has 4 rings (SSSR count). The minimum Gasteiger partial charge on any atom is -0.494 e. The maximum atomic E-state index is 5.98. The zero-order chi connectivity index (χ0) is 29.2. The maximum absolute atomic E-state index is 5.98. The fraction of sp³-hybridized carbons (Fsp3) is 0.378. The smallest absolute Gasteiger partial charge is 0.119 e. The summed E-state index contributed by atoms with van der Waals surface area (Å²) < 4.78 is 7.00. The number of rotatable bonds is 18. The normalized spacial score (nSPS) is 11.7. The van der Waals surface area contributed by atoms with Crippen LogP contribution in [0.3, 0.4) is 0 Å². The Balaban J connectivity index is 1.20. The summed E-state index contributed by atoms with van der Waals surface area (Å²) in [6.07, 6.45) is 18.1. The van der Waals surface area contributed by atoms with E-state index in [9.17, 15) is 0 Å². The molecule has 0 heterocycles. The Morgan fingerprint density at radius 2 is 1.17 bits per heavy atom. The molecule has 4 aromatic carbocycles. The van der Waals surface area contributed by atoms with Crippen LogP contribution in [0.25, 0.3) is 10.8 Å². The number of ether oxygens (including phenoxy) is 1. The van der Waals surface area contributed by atoms with Crippen molar-refractivity contribution in [1.82, 2.24) is 0 Å². The number of azo groups is 1. The van der Waals surface area contributed by atoms with Gasteiger partial charge < -0.3 is 4.74 Å². The van der Waals surface area contributed by atoms with Crippen LogP contribution in [0.5, 0.6) is 5.75 Å². The minimum atomic E-state index is 0.780. The van der Waals surface area contributed by atoms with Crippen molar-refractivity contribution in [1.29, 1.82) is 0 Å². The summed E-state index contributed by atoms with van der Waals surface area (Å²) >= 11 is 3.46. The first-order chi connectivity index (χ1) is 20.7. The molecule has 0 N–H and O–H groups in total. The third-order valence-corrected chi connectivity index (χ3v) is 8.01. The SMILES string of the molecule is CCCCCCCCCCCCCCOc1ccc(C=Nc2ccc(N=Nc3ccc(Br)cc3)c3ccccc23)cc1. The number of aliphatic imine (C=N–C) groups is 1. The molecule has 0 fully saturated rings. The quantitative estimate of drug-likeness (QED) is 0.0616. The summed E-state index contributed by atoms with van der Waals surface area (Å²) in [5, 5.41) is 11.0. The van der Waals surface area contributed by atoms with Crippen molar-refractivity contribution in [2.45, 2.75) is 84.0 Å². The number of unbranched alkanes of at least 4 members (excludes halogenated alkanes) is 11. The summed E-state index contributed by atoms with van der Waals surface area (Å²) in [6.45, 7) is 3.06. The molecule has 0 spiro atoms. The molecule has 42 heavy (non-hydrogen) atoms. The van der Waals surface area contributed by atoms with Gasteiger partial charge in [0.15, 0.2) is 0 Å². The fourth-order valence-corrected chi connectivity index (χ4v) is 5.28. The van der Waals surface area contributed by atoms with Crippen LogP contribution < -0.4 is 4.74 Å². The van der Waals surface area contributed by atoms with Crippen molar-refractivity contribution in [3.8, 4) is 5.75 Å². The van der Waals surface area contributed by atoms with E-state index in [0.29, 0.717) is 0 Å². The highest BCUT2D eigenvalue weighted by Crippen LogP contribution is 2.34. The highest BCUT2D eigenvalue weighted by Gasteiger charge is 2.05. The highest BCUT2D eigenvalue weighted by atomic mass is 79.9. The number of hydrogen-bond acceptors (Lipinski definition) is 4. The van der Waals surface area contributed by atoms with E-state index in [1.165, 1.54) is 70.6 Å². The Hall–Kier alpha value is -3.31. The molecule has 0 saturated carbocycles. The van der Waals surface area contributed by atoms with E-state index in [1.54, 1.807) is 0 Å². The highest BCUT2D eigenvalue weighted by molar-refractivity contribution is 9.10. The molecule has 0 amide bonds. The van der Waals surface area contributed by atoms with Gasteiger partial charge >= 0.3 is 0 Å². The summed E-state index contributed by atoms with van der Waals surface area (Å²) in [4.78, 5) is 4.80. The van der Waals surface area contributed by atoms with Gasteiger partial charge in [0.25, 0.3) is 0 Å². The number of benzene rings is 4. The van der Waals surface area contributed by atoms with Gasteiger partial charge in [0.05, 0.1) is 23.7 Å². The van der Waals surface area contributed by atoms with Crippen LogP contribution in [0, 0.1) is 0 Å². The van der Waals surface area contributed by atoms with Crippen LogP contribution in [0.1, 0.15) is 89.5 Å². The lowest BCUT2D eigenvalue weighted by molar-refractivity contribution is 0.304. The largest absolute Gasteiger partial charge is 0.494 e. The molecule has 4 nitrogen and oxygen atoms in total. The third kappa shape index (κ3) is 10.8. The number of hydrogen-bond donors (Lipinski definition) is 0. The zero-order valence-electron chi connectivity index (χ0n) is 25.0. The Morgan fingerprint density at radius 1 is 0.595 bits per heavy atom. The molecule has 0 aliphatic carbocycles. The second-order valence-corrected chi connectivity index (χ2v) is 11.8. The Morgan fingerprint density at radius 3 is 1.81 bits per heavy atom. The molecule has 0 aromatic heterocycles. The van der Waals surface area contributed by atoms with Gasteiger partial charge in [-0.15, -0.1) is 5.11 Å².